The summed E-state index contributed by atoms with van der Waals surface area (Å²) in [6.07, 6.45) is -3.62. The van der Waals surface area contributed by atoms with Gasteiger partial charge in [-0.3, -0.25) is 4.31 Å². The number of sulfonamides is 1. The zero-order valence-electron chi connectivity index (χ0n) is 16.7. The van der Waals surface area contributed by atoms with E-state index >= 15 is 0 Å². The van der Waals surface area contributed by atoms with Gasteiger partial charge in [0.15, 0.2) is 11.9 Å². The number of alkyl halides is 3. The number of pyridine rings is 1. The first kappa shape index (κ1) is 23.0. The summed E-state index contributed by atoms with van der Waals surface area (Å²) >= 11 is 0. The molecule has 0 aliphatic heterocycles. The third kappa shape index (κ3) is 5.14. The summed E-state index contributed by atoms with van der Waals surface area (Å²) in [5.74, 6) is -0.103. The number of ether oxygens (including phenoxy) is 3. The van der Waals surface area contributed by atoms with Gasteiger partial charge >= 0.3 is 12.2 Å². The van der Waals surface area contributed by atoms with E-state index in [-0.39, 0.29) is 28.0 Å². The Hall–Kier alpha value is -3.67. The van der Waals surface area contributed by atoms with E-state index in [2.05, 4.69) is 4.74 Å². The lowest BCUT2D eigenvalue weighted by molar-refractivity contribution is -0.611. The van der Waals surface area contributed by atoms with E-state index in [1.165, 1.54) is 68.9 Å². The van der Waals surface area contributed by atoms with Crippen LogP contribution < -0.4 is 23.2 Å². The van der Waals surface area contributed by atoms with Crippen molar-refractivity contribution in [1.82, 2.24) is 0 Å². The third-order valence-corrected chi connectivity index (χ3v) is 5.99. The molecular weight excluding hydrogens is 453 g/mol. The van der Waals surface area contributed by atoms with Crippen molar-refractivity contribution in [2.24, 2.45) is 0 Å². The lowest BCUT2D eigenvalue weighted by Gasteiger charge is -2.20. The number of nitrogens with zero attached hydrogens (tertiary/aromatic N) is 2. The topological polar surface area (TPSA) is 92.0 Å². The number of methoxy groups -OCH3 is 1. The Bertz CT molecular complexity index is 1180. The van der Waals surface area contributed by atoms with Crippen molar-refractivity contribution in [3.05, 3.63) is 72.1 Å². The van der Waals surface area contributed by atoms with Crippen LogP contribution in [0.4, 0.5) is 18.9 Å². The molecule has 2 aromatic carbocycles. The highest BCUT2D eigenvalue weighted by molar-refractivity contribution is 7.92. The van der Waals surface area contributed by atoms with Gasteiger partial charge in [-0.25, -0.2) is 8.42 Å². The van der Waals surface area contributed by atoms with Crippen molar-refractivity contribution in [3.8, 4) is 23.1 Å². The summed E-state index contributed by atoms with van der Waals surface area (Å²) in [7, 11) is -1.50. The molecule has 0 atom stereocenters. The molecule has 0 aliphatic rings. The quantitative estimate of drug-likeness (QED) is 0.385. The van der Waals surface area contributed by atoms with Gasteiger partial charge < -0.3 is 19.4 Å². The van der Waals surface area contributed by atoms with Crippen LogP contribution in [-0.4, -0.2) is 28.9 Å². The summed E-state index contributed by atoms with van der Waals surface area (Å²) in [5.41, 5.74) is 0.0477. The number of benzene rings is 2. The predicted octanol–water partition coefficient (Wildman–Crippen LogP) is 3.84. The van der Waals surface area contributed by atoms with Gasteiger partial charge in [-0.1, -0.05) is 0 Å². The first-order valence-corrected chi connectivity index (χ1v) is 10.3. The Morgan fingerprint density at radius 3 is 2.00 bits per heavy atom. The normalized spacial score (nSPS) is 11.7. The average molecular weight is 470 g/mol. The van der Waals surface area contributed by atoms with Crippen LogP contribution in [-0.2, 0) is 10.0 Å². The summed E-state index contributed by atoms with van der Waals surface area (Å²) < 4.78 is 78.2. The van der Waals surface area contributed by atoms with E-state index in [0.29, 0.717) is 4.73 Å². The van der Waals surface area contributed by atoms with E-state index in [1.54, 1.807) is 0 Å². The summed E-state index contributed by atoms with van der Waals surface area (Å²) in [4.78, 5) is -0.0790. The Morgan fingerprint density at radius 2 is 1.47 bits per heavy atom. The Morgan fingerprint density at radius 1 is 0.938 bits per heavy atom. The molecule has 0 radical (unpaired) electrons. The largest absolute Gasteiger partial charge is 0.616 e. The van der Waals surface area contributed by atoms with Crippen LogP contribution in [0.1, 0.15) is 0 Å². The predicted molar refractivity (Wildman–Crippen MR) is 107 cm³/mol. The highest BCUT2D eigenvalue weighted by Gasteiger charge is 2.31. The second-order valence-electron chi connectivity index (χ2n) is 6.29. The highest BCUT2D eigenvalue weighted by atomic mass is 32.2. The second kappa shape index (κ2) is 8.83. The minimum absolute atomic E-state index is 0.0477. The molecule has 0 saturated heterocycles. The van der Waals surface area contributed by atoms with Crippen molar-refractivity contribution in [3.63, 3.8) is 0 Å². The van der Waals surface area contributed by atoms with Gasteiger partial charge in [-0.05, 0) is 54.6 Å². The van der Waals surface area contributed by atoms with Crippen molar-refractivity contribution < 1.29 is 40.5 Å². The molecular formula is C20H17F3N2O6S. The third-order valence-electron chi connectivity index (χ3n) is 4.20. The molecule has 12 heteroatoms. The SMILES string of the molecule is COc1c(N(C)S(=O)(=O)c2ccc(Oc3ccc(OC(F)(F)F)cc3)cc2)ccc[n+]1[O-]. The fourth-order valence-corrected chi connectivity index (χ4v) is 3.91. The monoisotopic (exact) mass is 470 g/mol. The molecule has 0 saturated carbocycles. The van der Waals surface area contributed by atoms with Crippen LogP contribution in [0.3, 0.4) is 0 Å². The van der Waals surface area contributed by atoms with Crippen molar-refractivity contribution in [2.75, 3.05) is 18.5 Å². The Labute approximate surface area is 181 Å². The summed E-state index contributed by atoms with van der Waals surface area (Å²) in [6.45, 7) is 0. The molecule has 0 bridgehead atoms. The molecule has 3 aromatic rings. The molecule has 8 nitrogen and oxygen atoms in total. The van der Waals surface area contributed by atoms with E-state index in [9.17, 15) is 26.8 Å². The number of hydrogen-bond donors (Lipinski definition) is 0. The van der Waals surface area contributed by atoms with Crippen LogP contribution in [0.2, 0.25) is 0 Å². The van der Waals surface area contributed by atoms with Gasteiger partial charge in [0.25, 0.3) is 10.0 Å². The zero-order valence-corrected chi connectivity index (χ0v) is 17.6. The standard InChI is InChI=1S/C20H17F3N2O6S/c1-24(18-4-3-13-25(26)19(18)29-2)32(27,28)17-11-9-15(10-12-17)30-14-5-7-16(8-6-14)31-20(21,22)23/h3-13H,1-2H3. The maximum absolute atomic E-state index is 12.9. The van der Waals surface area contributed by atoms with Crippen LogP contribution in [0.15, 0.2) is 71.8 Å². The molecule has 170 valence electrons. The van der Waals surface area contributed by atoms with E-state index in [0.717, 1.165) is 16.4 Å². The molecule has 32 heavy (non-hydrogen) atoms. The zero-order chi connectivity index (χ0) is 23.5. The fourth-order valence-electron chi connectivity index (χ4n) is 2.71. The maximum Gasteiger partial charge on any atom is 0.573 e. The molecule has 0 aliphatic carbocycles. The minimum Gasteiger partial charge on any atom is -0.616 e. The molecule has 0 fully saturated rings. The number of halogens is 3. The average Bonchev–Trinajstić information content (AvgIpc) is 2.74. The summed E-state index contributed by atoms with van der Waals surface area (Å²) in [6, 6.07) is 12.9. The van der Waals surface area contributed by atoms with Gasteiger partial charge in [-0.2, -0.15) is 0 Å². The molecule has 3 rings (SSSR count). The van der Waals surface area contributed by atoms with E-state index in [4.69, 9.17) is 9.47 Å². The Balaban J connectivity index is 1.77. The lowest BCUT2D eigenvalue weighted by Crippen LogP contribution is -2.33. The van der Waals surface area contributed by atoms with Gasteiger partial charge in [0.05, 0.1) is 12.0 Å². The molecule has 1 heterocycles. The van der Waals surface area contributed by atoms with Gasteiger partial charge in [-0.15, -0.1) is 17.9 Å². The van der Waals surface area contributed by atoms with E-state index < -0.39 is 22.1 Å². The Kier molecular flexibility index (Phi) is 6.35. The fraction of sp³-hybridized carbons (Fsp3) is 0.150. The van der Waals surface area contributed by atoms with Gasteiger partial charge in [0.1, 0.15) is 17.2 Å². The van der Waals surface area contributed by atoms with Crippen molar-refractivity contribution >= 4 is 15.7 Å². The van der Waals surface area contributed by atoms with Crippen LogP contribution in [0, 0.1) is 5.21 Å². The van der Waals surface area contributed by atoms with Crippen molar-refractivity contribution in [1.29, 1.82) is 0 Å². The van der Waals surface area contributed by atoms with Crippen LogP contribution in [0.25, 0.3) is 0 Å². The van der Waals surface area contributed by atoms with Gasteiger partial charge in [0, 0.05) is 13.1 Å². The molecule has 0 spiro atoms. The maximum atomic E-state index is 12.9. The van der Waals surface area contributed by atoms with Gasteiger partial charge in [0.2, 0.25) is 0 Å². The lowest BCUT2D eigenvalue weighted by atomic mass is 10.3. The second-order valence-corrected chi connectivity index (χ2v) is 8.26. The number of hydrogen-bond acceptors (Lipinski definition) is 6. The first-order valence-electron chi connectivity index (χ1n) is 8.90. The van der Waals surface area contributed by atoms with Crippen LogP contribution >= 0.6 is 0 Å². The van der Waals surface area contributed by atoms with Crippen molar-refractivity contribution in [2.45, 2.75) is 11.3 Å². The number of anilines is 1. The number of aromatic nitrogens is 1. The first-order chi connectivity index (χ1) is 15.0. The smallest absolute Gasteiger partial charge is 0.573 e. The minimum atomic E-state index is -4.80. The number of rotatable bonds is 7. The summed E-state index contributed by atoms with van der Waals surface area (Å²) in [5, 5.41) is 11.8. The molecule has 0 amide bonds. The highest BCUT2D eigenvalue weighted by Crippen LogP contribution is 2.30. The molecule has 0 N–H and O–H groups in total. The van der Waals surface area contributed by atoms with E-state index in [1.807, 2.05) is 0 Å². The molecule has 0 unspecified atom stereocenters. The molecule has 1 aromatic heterocycles. The van der Waals surface area contributed by atoms with Crippen LogP contribution in [0.5, 0.6) is 23.1 Å².